The van der Waals surface area contributed by atoms with Crippen LogP contribution in [-0.2, 0) is 6.54 Å². The Morgan fingerprint density at radius 1 is 1.33 bits per heavy atom. The number of hydrogen-bond donors (Lipinski definition) is 1. The fourth-order valence-corrected chi connectivity index (χ4v) is 2.71. The zero-order valence-electron chi connectivity index (χ0n) is 11.9. The summed E-state index contributed by atoms with van der Waals surface area (Å²) < 4.78 is 0. The Kier molecular flexibility index (Phi) is 8.10. The number of rotatable bonds is 9. The molecule has 102 valence electrons. The standard InChI is InChI=1S/C15H26N2S/c1-4-5-6-10-18-15-14(8-7-9-17-15)12-16-11-13(2)3/h7-9,13,16H,4-6,10-12H2,1-3H3. The maximum absolute atomic E-state index is 4.50. The second-order valence-corrected chi connectivity index (χ2v) is 6.13. The number of nitrogens with one attached hydrogen (secondary N) is 1. The van der Waals surface area contributed by atoms with Crippen LogP contribution in [0.3, 0.4) is 0 Å². The van der Waals surface area contributed by atoms with Crippen molar-refractivity contribution >= 4 is 11.8 Å². The van der Waals surface area contributed by atoms with Gasteiger partial charge in [-0.05, 0) is 36.3 Å². The van der Waals surface area contributed by atoms with Crippen molar-refractivity contribution in [3.05, 3.63) is 23.9 Å². The maximum Gasteiger partial charge on any atom is 0.100 e. The Labute approximate surface area is 116 Å². The molecule has 1 aromatic heterocycles. The highest BCUT2D eigenvalue weighted by atomic mass is 32.2. The summed E-state index contributed by atoms with van der Waals surface area (Å²) in [6, 6.07) is 4.21. The fraction of sp³-hybridized carbons (Fsp3) is 0.667. The number of pyridine rings is 1. The molecular weight excluding hydrogens is 240 g/mol. The Morgan fingerprint density at radius 3 is 2.89 bits per heavy atom. The summed E-state index contributed by atoms with van der Waals surface area (Å²) in [4.78, 5) is 4.50. The van der Waals surface area contributed by atoms with Crippen LogP contribution in [0.1, 0.15) is 45.6 Å². The summed E-state index contributed by atoms with van der Waals surface area (Å²) in [7, 11) is 0. The minimum absolute atomic E-state index is 0.697. The summed E-state index contributed by atoms with van der Waals surface area (Å²) in [5.41, 5.74) is 1.33. The predicted molar refractivity (Wildman–Crippen MR) is 81.0 cm³/mol. The summed E-state index contributed by atoms with van der Waals surface area (Å²) >= 11 is 1.89. The van der Waals surface area contributed by atoms with E-state index in [0.717, 1.165) is 13.1 Å². The molecule has 0 aromatic carbocycles. The van der Waals surface area contributed by atoms with Gasteiger partial charge in [-0.3, -0.25) is 0 Å². The Bertz CT molecular complexity index is 326. The van der Waals surface area contributed by atoms with Crippen molar-refractivity contribution in [3.63, 3.8) is 0 Å². The van der Waals surface area contributed by atoms with Gasteiger partial charge < -0.3 is 5.32 Å². The van der Waals surface area contributed by atoms with Gasteiger partial charge in [0.2, 0.25) is 0 Å². The molecule has 0 bridgehead atoms. The lowest BCUT2D eigenvalue weighted by atomic mass is 10.2. The molecule has 0 unspecified atom stereocenters. The Hall–Kier alpha value is -0.540. The van der Waals surface area contributed by atoms with Crippen LogP contribution >= 0.6 is 11.8 Å². The monoisotopic (exact) mass is 266 g/mol. The van der Waals surface area contributed by atoms with Gasteiger partial charge in [0, 0.05) is 12.7 Å². The smallest absolute Gasteiger partial charge is 0.100 e. The van der Waals surface area contributed by atoms with Crippen LogP contribution in [0.15, 0.2) is 23.4 Å². The van der Waals surface area contributed by atoms with Crippen molar-refractivity contribution in [2.45, 2.75) is 51.6 Å². The molecule has 0 fully saturated rings. The van der Waals surface area contributed by atoms with Crippen LogP contribution < -0.4 is 5.32 Å². The highest BCUT2D eigenvalue weighted by molar-refractivity contribution is 7.99. The third-order valence-corrected chi connectivity index (χ3v) is 3.84. The average Bonchev–Trinajstić information content (AvgIpc) is 2.36. The first-order valence-corrected chi connectivity index (χ1v) is 8.00. The van der Waals surface area contributed by atoms with E-state index in [1.165, 1.54) is 35.6 Å². The van der Waals surface area contributed by atoms with Crippen molar-refractivity contribution in [3.8, 4) is 0 Å². The van der Waals surface area contributed by atoms with Crippen LogP contribution in [0, 0.1) is 5.92 Å². The van der Waals surface area contributed by atoms with E-state index in [1.54, 1.807) is 0 Å². The van der Waals surface area contributed by atoms with E-state index in [9.17, 15) is 0 Å². The second kappa shape index (κ2) is 9.40. The fourth-order valence-electron chi connectivity index (χ4n) is 1.71. The first-order valence-electron chi connectivity index (χ1n) is 7.01. The molecule has 0 saturated heterocycles. The summed E-state index contributed by atoms with van der Waals surface area (Å²) in [5, 5.41) is 4.69. The molecule has 0 aliphatic heterocycles. The molecule has 3 heteroatoms. The minimum atomic E-state index is 0.697. The first kappa shape index (κ1) is 15.5. The highest BCUT2D eigenvalue weighted by Crippen LogP contribution is 2.21. The van der Waals surface area contributed by atoms with Crippen LogP contribution in [-0.4, -0.2) is 17.3 Å². The van der Waals surface area contributed by atoms with E-state index in [-0.39, 0.29) is 0 Å². The van der Waals surface area contributed by atoms with Gasteiger partial charge in [0.15, 0.2) is 0 Å². The van der Waals surface area contributed by atoms with Crippen molar-refractivity contribution in [2.24, 2.45) is 5.92 Å². The minimum Gasteiger partial charge on any atom is -0.312 e. The molecule has 0 radical (unpaired) electrons. The number of aromatic nitrogens is 1. The van der Waals surface area contributed by atoms with Crippen LogP contribution in [0.5, 0.6) is 0 Å². The van der Waals surface area contributed by atoms with Crippen LogP contribution in [0.4, 0.5) is 0 Å². The lowest BCUT2D eigenvalue weighted by Gasteiger charge is -2.10. The van der Waals surface area contributed by atoms with Gasteiger partial charge in [0.25, 0.3) is 0 Å². The molecule has 1 N–H and O–H groups in total. The Balaban J connectivity index is 2.40. The van der Waals surface area contributed by atoms with E-state index in [0.29, 0.717) is 5.92 Å². The van der Waals surface area contributed by atoms with Crippen molar-refractivity contribution < 1.29 is 0 Å². The SMILES string of the molecule is CCCCCSc1ncccc1CNCC(C)C. The molecule has 0 amide bonds. The van der Waals surface area contributed by atoms with Gasteiger partial charge >= 0.3 is 0 Å². The molecule has 0 aliphatic rings. The van der Waals surface area contributed by atoms with Gasteiger partial charge in [-0.2, -0.15) is 0 Å². The lowest BCUT2D eigenvalue weighted by molar-refractivity contribution is 0.549. The zero-order chi connectivity index (χ0) is 13.2. The molecule has 0 aliphatic carbocycles. The molecule has 1 rings (SSSR count). The van der Waals surface area contributed by atoms with E-state index in [2.05, 4.69) is 37.1 Å². The normalized spacial score (nSPS) is 11.1. The number of nitrogens with zero attached hydrogens (tertiary/aromatic N) is 1. The topological polar surface area (TPSA) is 24.9 Å². The molecule has 0 atom stereocenters. The van der Waals surface area contributed by atoms with Gasteiger partial charge in [0.1, 0.15) is 5.03 Å². The quantitative estimate of drug-likeness (QED) is 0.538. The summed E-state index contributed by atoms with van der Waals surface area (Å²) in [6.45, 7) is 8.71. The van der Waals surface area contributed by atoms with Crippen molar-refractivity contribution in [1.29, 1.82) is 0 Å². The van der Waals surface area contributed by atoms with Gasteiger partial charge in [-0.25, -0.2) is 4.98 Å². The third-order valence-electron chi connectivity index (χ3n) is 2.70. The maximum atomic E-state index is 4.50. The van der Waals surface area contributed by atoms with Crippen LogP contribution in [0.2, 0.25) is 0 Å². The van der Waals surface area contributed by atoms with Crippen LogP contribution in [0.25, 0.3) is 0 Å². The van der Waals surface area contributed by atoms with Gasteiger partial charge in [-0.1, -0.05) is 39.7 Å². The van der Waals surface area contributed by atoms with Crippen molar-refractivity contribution in [1.82, 2.24) is 10.3 Å². The zero-order valence-corrected chi connectivity index (χ0v) is 12.7. The largest absolute Gasteiger partial charge is 0.312 e. The number of hydrogen-bond acceptors (Lipinski definition) is 3. The van der Waals surface area contributed by atoms with E-state index in [4.69, 9.17) is 0 Å². The number of thioether (sulfide) groups is 1. The van der Waals surface area contributed by atoms with E-state index in [1.807, 2.05) is 24.0 Å². The van der Waals surface area contributed by atoms with Crippen molar-refractivity contribution in [2.75, 3.05) is 12.3 Å². The third kappa shape index (κ3) is 6.41. The highest BCUT2D eigenvalue weighted by Gasteiger charge is 2.04. The molecular formula is C15H26N2S. The molecule has 0 saturated carbocycles. The van der Waals surface area contributed by atoms with E-state index >= 15 is 0 Å². The van der Waals surface area contributed by atoms with Gasteiger partial charge in [0.05, 0.1) is 0 Å². The number of unbranched alkanes of at least 4 members (excludes halogenated alkanes) is 2. The molecule has 2 nitrogen and oxygen atoms in total. The molecule has 1 heterocycles. The van der Waals surface area contributed by atoms with Gasteiger partial charge in [-0.15, -0.1) is 11.8 Å². The second-order valence-electron chi connectivity index (χ2n) is 5.05. The molecule has 18 heavy (non-hydrogen) atoms. The molecule has 0 spiro atoms. The summed E-state index contributed by atoms with van der Waals surface area (Å²) in [6.07, 6.45) is 5.79. The average molecular weight is 266 g/mol. The summed E-state index contributed by atoms with van der Waals surface area (Å²) in [5.74, 6) is 1.88. The Morgan fingerprint density at radius 2 is 2.17 bits per heavy atom. The predicted octanol–water partition coefficient (Wildman–Crippen LogP) is 4.11. The van der Waals surface area contributed by atoms with E-state index < -0.39 is 0 Å². The lowest BCUT2D eigenvalue weighted by Crippen LogP contribution is -2.19. The molecule has 1 aromatic rings. The first-order chi connectivity index (χ1) is 8.74.